The summed E-state index contributed by atoms with van der Waals surface area (Å²) in [7, 11) is -4.23. The van der Waals surface area contributed by atoms with E-state index >= 15 is 0 Å². The van der Waals surface area contributed by atoms with E-state index in [9.17, 15) is 23.7 Å². The molecule has 32 heavy (non-hydrogen) atoms. The molecule has 0 bridgehead atoms. The Hall–Kier alpha value is -2.21. The fourth-order valence-electron chi connectivity index (χ4n) is 2.19. The molecule has 1 aliphatic rings. The Morgan fingerprint density at radius 2 is 1.78 bits per heavy atom. The Kier molecular flexibility index (Phi) is 10.1. The average Bonchev–Trinajstić information content (AvgIpc) is 2.66. The normalized spacial score (nSPS) is 22.5. The number of phosphoric ester groups is 1. The molecule has 0 aromatic heterocycles. The molecule has 1 saturated heterocycles. The highest BCUT2D eigenvalue weighted by molar-refractivity contribution is 7.48. The monoisotopic (exact) mass is 482 g/mol. The smallest absolute Gasteiger partial charge is 0.478 e. The van der Waals surface area contributed by atoms with Crippen molar-refractivity contribution in [2.24, 2.45) is 10.8 Å². The van der Waals surface area contributed by atoms with Crippen molar-refractivity contribution in [2.75, 3.05) is 33.1 Å². The molecule has 2 atom stereocenters. The molecule has 0 saturated carbocycles. The number of esters is 1. The third-order valence-electron chi connectivity index (χ3n) is 4.03. The molecule has 184 valence electrons. The highest BCUT2D eigenvalue weighted by Gasteiger charge is 2.49. The molecule has 1 rings (SSSR count). The van der Waals surface area contributed by atoms with E-state index in [4.69, 9.17) is 28.2 Å². The largest absolute Gasteiger partial charge is 0.481 e. The summed E-state index contributed by atoms with van der Waals surface area (Å²) in [6, 6.07) is 0. The summed E-state index contributed by atoms with van der Waals surface area (Å²) in [4.78, 5) is 46.1. The molecule has 0 aromatic rings. The molecular formula is C18H31N2O11P. The molecule has 0 radical (unpaired) electrons. The summed E-state index contributed by atoms with van der Waals surface area (Å²) in [5.74, 6) is -2.19. The Bertz CT molecular complexity index is 748. The van der Waals surface area contributed by atoms with E-state index in [1.165, 1.54) is 0 Å². The topological polar surface area (TPSA) is 176 Å². The second-order valence-corrected chi connectivity index (χ2v) is 10.2. The summed E-state index contributed by atoms with van der Waals surface area (Å²) in [5, 5.41) is 13.4. The van der Waals surface area contributed by atoms with Crippen LogP contribution >= 0.6 is 7.82 Å². The van der Waals surface area contributed by atoms with Crippen molar-refractivity contribution < 1.29 is 51.9 Å². The Balaban J connectivity index is 2.43. The number of hydrogen-bond donors (Lipinski definition) is 3. The number of carbonyl (C=O) groups excluding carboxylic acids is 3. The van der Waals surface area contributed by atoms with Gasteiger partial charge >= 0.3 is 25.9 Å². The maximum absolute atomic E-state index is 12.6. The summed E-state index contributed by atoms with van der Waals surface area (Å²) < 4.78 is 37.6. The number of amides is 2. The minimum atomic E-state index is -4.23. The van der Waals surface area contributed by atoms with Crippen LogP contribution in [0, 0.1) is 10.8 Å². The summed E-state index contributed by atoms with van der Waals surface area (Å²) >= 11 is 0. The molecule has 0 spiro atoms. The van der Waals surface area contributed by atoms with Crippen molar-refractivity contribution in [3.63, 3.8) is 0 Å². The molecule has 14 heteroatoms. The first-order valence-corrected chi connectivity index (χ1v) is 11.3. The van der Waals surface area contributed by atoms with Gasteiger partial charge in [-0.15, -0.1) is 0 Å². The second kappa shape index (κ2) is 11.6. The molecule has 13 nitrogen and oxygen atoms in total. The third-order valence-corrected chi connectivity index (χ3v) is 5.37. The number of alkyl carbamates (subject to hydrolysis) is 1. The van der Waals surface area contributed by atoms with Crippen LogP contribution < -0.4 is 10.6 Å². The van der Waals surface area contributed by atoms with Gasteiger partial charge in [0.25, 0.3) is 0 Å². The van der Waals surface area contributed by atoms with E-state index in [0.29, 0.717) is 0 Å². The highest BCUT2D eigenvalue weighted by atomic mass is 31.2. The Morgan fingerprint density at radius 1 is 1.12 bits per heavy atom. The lowest BCUT2D eigenvalue weighted by molar-refractivity contribution is -0.152. The van der Waals surface area contributed by atoms with Crippen LogP contribution in [0.2, 0.25) is 0 Å². The van der Waals surface area contributed by atoms with E-state index < -0.39 is 55.5 Å². The molecule has 0 unspecified atom stereocenters. The van der Waals surface area contributed by atoms with Crippen molar-refractivity contribution in [1.29, 1.82) is 0 Å². The van der Waals surface area contributed by atoms with E-state index in [1.54, 1.807) is 34.6 Å². The number of ether oxygens (including phenoxy) is 2. The average molecular weight is 482 g/mol. The predicted molar refractivity (Wildman–Crippen MR) is 108 cm³/mol. The third kappa shape index (κ3) is 9.51. The number of rotatable bonds is 10. The molecule has 0 aromatic carbocycles. The standard InChI is InChI=1S/C18H31N2O11P/c1-17(2,3)15(24)27-9-8-20-16(25)28-11-30-32(26)29-10-18(4,5)13(31-32)14(23)19-7-6-12(21)22/h13H,6-11H2,1-5H3,(H,19,23)(H,20,25)(H,21,22)/t13-,32-/m0/s1. The molecule has 2 amide bonds. The number of carboxylic acids is 1. The van der Waals surface area contributed by atoms with Gasteiger partial charge in [0.05, 0.1) is 25.0 Å². The Labute approximate surface area is 186 Å². The number of hydrogen-bond acceptors (Lipinski definition) is 10. The predicted octanol–water partition coefficient (Wildman–Crippen LogP) is 1.42. The lowest BCUT2D eigenvalue weighted by atomic mass is 9.87. The van der Waals surface area contributed by atoms with Crippen LogP contribution in [-0.2, 0) is 42.0 Å². The number of phosphoric acid groups is 1. The Morgan fingerprint density at radius 3 is 2.38 bits per heavy atom. The van der Waals surface area contributed by atoms with Crippen molar-refractivity contribution >= 4 is 31.8 Å². The minimum Gasteiger partial charge on any atom is -0.481 e. The maximum atomic E-state index is 12.6. The number of aliphatic carboxylic acids is 1. The second-order valence-electron chi connectivity index (χ2n) is 8.62. The van der Waals surface area contributed by atoms with Crippen LogP contribution in [0.4, 0.5) is 4.79 Å². The van der Waals surface area contributed by atoms with Gasteiger partial charge in [-0.2, -0.15) is 0 Å². The van der Waals surface area contributed by atoms with Gasteiger partial charge in [0.15, 0.2) is 6.10 Å². The zero-order valence-corrected chi connectivity index (χ0v) is 19.7. The van der Waals surface area contributed by atoms with E-state index in [1.807, 2.05) is 0 Å². The van der Waals surface area contributed by atoms with Crippen LogP contribution in [0.25, 0.3) is 0 Å². The van der Waals surface area contributed by atoms with Crippen molar-refractivity contribution in [3.05, 3.63) is 0 Å². The molecule has 1 fully saturated rings. The van der Waals surface area contributed by atoms with Crippen LogP contribution in [0.3, 0.4) is 0 Å². The first kappa shape index (κ1) is 27.8. The minimum absolute atomic E-state index is 0.0158. The quantitative estimate of drug-likeness (QED) is 0.178. The van der Waals surface area contributed by atoms with E-state index in [2.05, 4.69) is 10.6 Å². The lowest BCUT2D eigenvalue weighted by Gasteiger charge is -2.39. The fourth-order valence-corrected chi connectivity index (χ4v) is 3.70. The van der Waals surface area contributed by atoms with Crippen LogP contribution in [0.1, 0.15) is 41.0 Å². The van der Waals surface area contributed by atoms with Crippen molar-refractivity contribution in [1.82, 2.24) is 10.6 Å². The van der Waals surface area contributed by atoms with Gasteiger partial charge in [-0.1, -0.05) is 13.8 Å². The maximum Gasteiger partial charge on any atom is 0.478 e. The van der Waals surface area contributed by atoms with Gasteiger partial charge in [0, 0.05) is 12.0 Å². The number of carboxylic acid groups (broad SMARTS) is 1. The molecule has 1 aliphatic heterocycles. The van der Waals surface area contributed by atoms with Crippen LogP contribution in [0.15, 0.2) is 0 Å². The fraction of sp³-hybridized carbons (Fsp3) is 0.778. The van der Waals surface area contributed by atoms with Gasteiger partial charge in [-0.25, -0.2) is 13.9 Å². The lowest BCUT2D eigenvalue weighted by Crippen LogP contribution is -2.50. The van der Waals surface area contributed by atoms with E-state index in [0.717, 1.165) is 0 Å². The van der Waals surface area contributed by atoms with Crippen molar-refractivity contribution in [3.8, 4) is 0 Å². The van der Waals surface area contributed by atoms with Crippen LogP contribution in [-0.4, -0.2) is 68.2 Å². The number of nitrogens with one attached hydrogen (secondary N) is 2. The van der Waals surface area contributed by atoms with Gasteiger partial charge in [0.2, 0.25) is 12.7 Å². The summed E-state index contributed by atoms with van der Waals surface area (Å²) in [6.45, 7) is 7.17. The highest BCUT2D eigenvalue weighted by Crippen LogP contribution is 2.57. The summed E-state index contributed by atoms with van der Waals surface area (Å²) in [6.07, 6.45) is -2.46. The van der Waals surface area contributed by atoms with E-state index in [-0.39, 0.29) is 32.7 Å². The first-order valence-electron chi connectivity index (χ1n) is 9.81. The molecule has 3 N–H and O–H groups in total. The zero-order chi connectivity index (χ0) is 24.6. The number of carbonyl (C=O) groups is 4. The van der Waals surface area contributed by atoms with Gasteiger partial charge in [-0.05, 0) is 20.8 Å². The summed E-state index contributed by atoms with van der Waals surface area (Å²) in [5.41, 5.74) is -1.55. The first-order chi connectivity index (χ1) is 14.7. The van der Waals surface area contributed by atoms with Gasteiger partial charge in [0.1, 0.15) is 6.61 Å². The molecule has 1 heterocycles. The SMILES string of the molecule is CC(C)(C)C(=O)OCCNC(=O)OCO[P@]1(=O)OCC(C)(C)[C@H](C(=O)NCCC(=O)O)O1. The van der Waals surface area contributed by atoms with Crippen LogP contribution in [0.5, 0.6) is 0 Å². The molecule has 0 aliphatic carbocycles. The van der Waals surface area contributed by atoms with Gasteiger partial charge < -0.3 is 25.2 Å². The zero-order valence-electron chi connectivity index (χ0n) is 18.8. The van der Waals surface area contributed by atoms with Crippen molar-refractivity contribution in [2.45, 2.75) is 47.1 Å². The van der Waals surface area contributed by atoms with Gasteiger partial charge in [-0.3, -0.25) is 23.4 Å². The molecular weight excluding hydrogens is 451 g/mol.